The van der Waals surface area contributed by atoms with Gasteiger partial charge in [0.05, 0.1) is 4.90 Å². The van der Waals surface area contributed by atoms with Gasteiger partial charge in [-0.25, -0.2) is 17.5 Å². The lowest BCUT2D eigenvalue weighted by Crippen LogP contribution is -2.27. The summed E-state index contributed by atoms with van der Waals surface area (Å²) < 4.78 is 41.1. The van der Waals surface area contributed by atoms with Gasteiger partial charge in [0.25, 0.3) is 0 Å². The summed E-state index contributed by atoms with van der Waals surface area (Å²) in [7, 11) is -3.73. The average Bonchev–Trinajstić information content (AvgIpc) is 2.89. The topological polar surface area (TPSA) is 75.3 Å². The molecule has 0 saturated heterocycles. The third-order valence-electron chi connectivity index (χ3n) is 3.97. The molecule has 0 heterocycles. The highest BCUT2D eigenvalue weighted by molar-refractivity contribution is 7.89. The number of benzene rings is 2. The van der Waals surface area contributed by atoms with E-state index in [1.54, 1.807) is 6.07 Å². The van der Waals surface area contributed by atoms with Crippen LogP contribution in [0.2, 0.25) is 0 Å². The van der Waals surface area contributed by atoms with Crippen LogP contribution in [-0.4, -0.2) is 14.3 Å². The van der Waals surface area contributed by atoms with Crippen molar-refractivity contribution >= 4 is 21.6 Å². The van der Waals surface area contributed by atoms with Crippen LogP contribution in [-0.2, 0) is 21.2 Å². The van der Waals surface area contributed by atoms with E-state index in [1.807, 2.05) is 0 Å². The average molecular weight is 348 g/mol. The number of anilines is 1. The van der Waals surface area contributed by atoms with Crippen LogP contribution in [0.3, 0.4) is 0 Å². The van der Waals surface area contributed by atoms with Gasteiger partial charge in [-0.05, 0) is 60.4 Å². The number of hydrogen-bond donors (Lipinski definition) is 2. The van der Waals surface area contributed by atoms with Gasteiger partial charge in [-0.15, -0.1) is 0 Å². The van der Waals surface area contributed by atoms with Crippen molar-refractivity contribution in [2.45, 2.75) is 30.7 Å². The van der Waals surface area contributed by atoms with Crippen molar-refractivity contribution in [2.24, 2.45) is 0 Å². The maximum Gasteiger partial charge on any atom is 0.241 e. The van der Waals surface area contributed by atoms with Crippen molar-refractivity contribution in [1.29, 1.82) is 0 Å². The molecule has 7 heteroatoms. The molecule has 126 valence electrons. The maximum absolute atomic E-state index is 13.4. The number of sulfonamides is 1. The molecule has 0 aromatic heterocycles. The van der Waals surface area contributed by atoms with Gasteiger partial charge in [0.2, 0.25) is 15.9 Å². The summed E-state index contributed by atoms with van der Waals surface area (Å²) in [6.07, 6.45) is 1.31. The van der Waals surface area contributed by atoms with E-state index in [0.717, 1.165) is 5.56 Å². The minimum atomic E-state index is -3.73. The number of aryl methyl sites for hydroxylation is 1. The second-order valence-electron chi connectivity index (χ2n) is 5.76. The number of carbonyl (C=O) groups is 1. The first kappa shape index (κ1) is 16.6. The Labute approximate surface area is 139 Å². The smallest absolute Gasteiger partial charge is 0.241 e. The van der Waals surface area contributed by atoms with Gasteiger partial charge in [-0.3, -0.25) is 4.79 Å². The number of halogens is 1. The van der Waals surface area contributed by atoms with Crippen molar-refractivity contribution in [3.63, 3.8) is 0 Å². The fourth-order valence-electron chi connectivity index (χ4n) is 2.87. The van der Waals surface area contributed by atoms with E-state index in [1.165, 1.54) is 43.3 Å². The number of nitrogens with one attached hydrogen (secondary N) is 2. The molecule has 2 aromatic carbocycles. The molecule has 0 aliphatic heterocycles. The van der Waals surface area contributed by atoms with Crippen LogP contribution in [0.25, 0.3) is 0 Å². The summed E-state index contributed by atoms with van der Waals surface area (Å²) in [6.45, 7) is 1.38. The molecule has 1 unspecified atom stereocenters. The summed E-state index contributed by atoms with van der Waals surface area (Å²) in [5, 5.41) is 2.58. The normalized spacial score (nSPS) is 16.7. The fraction of sp³-hybridized carbons (Fsp3) is 0.235. The third-order valence-corrected chi connectivity index (χ3v) is 5.46. The van der Waals surface area contributed by atoms with E-state index in [-0.39, 0.29) is 16.6 Å². The number of hydrogen-bond acceptors (Lipinski definition) is 3. The summed E-state index contributed by atoms with van der Waals surface area (Å²) in [5.74, 6) is -0.604. The lowest BCUT2D eigenvalue weighted by molar-refractivity contribution is -0.114. The van der Waals surface area contributed by atoms with Gasteiger partial charge >= 0.3 is 0 Å². The molecule has 1 aliphatic rings. The Kier molecular flexibility index (Phi) is 4.38. The third kappa shape index (κ3) is 3.47. The van der Waals surface area contributed by atoms with E-state index in [0.29, 0.717) is 24.1 Å². The molecule has 24 heavy (non-hydrogen) atoms. The van der Waals surface area contributed by atoms with Crippen molar-refractivity contribution in [1.82, 2.24) is 4.72 Å². The number of amides is 1. The summed E-state index contributed by atoms with van der Waals surface area (Å²) in [6, 6.07) is 9.93. The van der Waals surface area contributed by atoms with Crippen LogP contribution in [0.1, 0.15) is 30.5 Å². The predicted molar refractivity (Wildman–Crippen MR) is 88.5 cm³/mol. The molecule has 1 aliphatic carbocycles. The second-order valence-corrected chi connectivity index (χ2v) is 7.48. The first-order valence-corrected chi connectivity index (χ1v) is 9.02. The summed E-state index contributed by atoms with van der Waals surface area (Å²) >= 11 is 0. The van der Waals surface area contributed by atoms with Crippen LogP contribution in [0, 0.1) is 5.82 Å². The SMILES string of the molecule is CC(=O)Nc1ccc(S(=O)(=O)NC2CCc3ccc(F)cc32)cc1. The van der Waals surface area contributed by atoms with E-state index in [4.69, 9.17) is 0 Å². The quantitative estimate of drug-likeness (QED) is 0.892. The van der Waals surface area contributed by atoms with Gasteiger partial charge in [-0.2, -0.15) is 0 Å². The summed E-state index contributed by atoms with van der Waals surface area (Å²) in [4.78, 5) is 11.1. The monoisotopic (exact) mass is 348 g/mol. The van der Waals surface area contributed by atoms with E-state index >= 15 is 0 Å². The molecule has 5 nitrogen and oxygen atoms in total. The molecule has 3 rings (SSSR count). The molecule has 1 atom stereocenters. The van der Waals surface area contributed by atoms with Crippen molar-refractivity contribution < 1.29 is 17.6 Å². The number of rotatable bonds is 4. The van der Waals surface area contributed by atoms with Crippen molar-refractivity contribution in [3.8, 4) is 0 Å². The first-order chi connectivity index (χ1) is 11.3. The minimum absolute atomic E-state index is 0.0986. The molecule has 0 spiro atoms. The Morgan fingerprint density at radius 3 is 2.54 bits per heavy atom. The zero-order valence-corrected chi connectivity index (χ0v) is 13.9. The zero-order valence-electron chi connectivity index (χ0n) is 13.0. The minimum Gasteiger partial charge on any atom is -0.326 e. The van der Waals surface area contributed by atoms with Gasteiger partial charge < -0.3 is 5.32 Å². The highest BCUT2D eigenvalue weighted by Gasteiger charge is 2.27. The zero-order chi connectivity index (χ0) is 17.3. The van der Waals surface area contributed by atoms with E-state index in [2.05, 4.69) is 10.0 Å². The van der Waals surface area contributed by atoms with Gasteiger partial charge in [0.15, 0.2) is 0 Å². The Hall–Kier alpha value is -2.25. The predicted octanol–water partition coefficient (Wildman–Crippen LogP) is 2.75. The lowest BCUT2D eigenvalue weighted by Gasteiger charge is -2.15. The number of fused-ring (bicyclic) bond motifs is 1. The molecular formula is C17H17FN2O3S. The van der Waals surface area contributed by atoms with Gasteiger partial charge in [-0.1, -0.05) is 6.07 Å². The van der Waals surface area contributed by atoms with Crippen LogP contribution < -0.4 is 10.0 Å². The molecular weight excluding hydrogens is 331 g/mol. The van der Waals surface area contributed by atoms with Crippen LogP contribution in [0.4, 0.5) is 10.1 Å². The molecule has 0 radical (unpaired) electrons. The fourth-order valence-corrected chi connectivity index (χ4v) is 4.12. The van der Waals surface area contributed by atoms with Gasteiger partial charge in [0, 0.05) is 18.7 Å². The van der Waals surface area contributed by atoms with Crippen LogP contribution in [0.5, 0.6) is 0 Å². The van der Waals surface area contributed by atoms with E-state index < -0.39 is 16.1 Å². The van der Waals surface area contributed by atoms with Crippen LogP contribution in [0.15, 0.2) is 47.4 Å². The molecule has 2 N–H and O–H groups in total. The Morgan fingerprint density at radius 2 is 1.88 bits per heavy atom. The number of carbonyl (C=O) groups excluding carboxylic acids is 1. The standard InChI is InChI=1S/C17H17FN2O3S/c1-11(21)19-14-5-7-15(8-6-14)24(22,23)20-17-9-3-12-2-4-13(18)10-16(12)17/h2,4-8,10,17,20H,3,9H2,1H3,(H,19,21). The summed E-state index contributed by atoms with van der Waals surface area (Å²) in [5.41, 5.74) is 2.17. The Bertz CT molecular complexity index is 879. The highest BCUT2D eigenvalue weighted by Crippen LogP contribution is 2.32. The molecule has 0 saturated carbocycles. The largest absolute Gasteiger partial charge is 0.326 e. The lowest BCUT2D eigenvalue weighted by atomic mass is 10.1. The Balaban J connectivity index is 1.80. The van der Waals surface area contributed by atoms with Gasteiger partial charge in [0.1, 0.15) is 5.82 Å². The Morgan fingerprint density at radius 1 is 1.17 bits per heavy atom. The molecule has 1 amide bonds. The van der Waals surface area contributed by atoms with Crippen LogP contribution >= 0.6 is 0 Å². The van der Waals surface area contributed by atoms with E-state index in [9.17, 15) is 17.6 Å². The van der Waals surface area contributed by atoms with Crippen molar-refractivity contribution in [2.75, 3.05) is 5.32 Å². The van der Waals surface area contributed by atoms with Crippen molar-refractivity contribution in [3.05, 3.63) is 59.4 Å². The second kappa shape index (κ2) is 6.33. The molecule has 0 bridgehead atoms. The molecule has 0 fully saturated rings. The highest BCUT2D eigenvalue weighted by atomic mass is 32.2. The first-order valence-electron chi connectivity index (χ1n) is 7.53. The molecule has 2 aromatic rings. The maximum atomic E-state index is 13.4.